The molecule has 1 fully saturated rings. The lowest BCUT2D eigenvalue weighted by molar-refractivity contribution is 0.0782. The highest BCUT2D eigenvalue weighted by Gasteiger charge is 2.18. The van der Waals surface area contributed by atoms with Gasteiger partial charge in [-0.3, -0.25) is 4.79 Å². The summed E-state index contributed by atoms with van der Waals surface area (Å²) >= 11 is 9.50. The molecule has 1 amide bonds. The van der Waals surface area contributed by atoms with Crippen molar-refractivity contribution in [2.45, 2.75) is 12.8 Å². The van der Waals surface area contributed by atoms with E-state index in [4.69, 9.17) is 11.6 Å². The predicted molar refractivity (Wildman–Crippen MR) is 81.8 cm³/mol. The fourth-order valence-corrected chi connectivity index (χ4v) is 2.85. The van der Waals surface area contributed by atoms with Gasteiger partial charge in [0.2, 0.25) is 0 Å². The summed E-state index contributed by atoms with van der Waals surface area (Å²) < 4.78 is 0.757. The molecule has 0 aromatic heterocycles. The van der Waals surface area contributed by atoms with Gasteiger partial charge < -0.3 is 9.80 Å². The lowest BCUT2D eigenvalue weighted by Crippen LogP contribution is -2.35. The van der Waals surface area contributed by atoms with E-state index in [1.165, 1.54) is 12.8 Å². The molecule has 2 rings (SSSR count). The average Bonchev–Trinajstić information content (AvgIpc) is 2.91. The molecule has 1 saturated heterocycles. The zero-order chi connectivity index (χ0) is 13.8. The van der Waals surface area contributed by atoms with E-state index in [0.29, 0.717) is 10.6 Å². The van der Waals surface area contributed by atoms with Gasteiger partial charge in [-0.2, -0.15) is 0 Å². The van der Waals surface area contributed by atoms with Crippen LogP contribution in [0.15, 0.2) is 22.7 Å². The summed E-state index contributed by atoms with van der Waals surface area (Å²) in [5, 5.41) is 0.487. The highest BCUT2D eigenvalue weighted by Crippen LogP contribution is 2.26. The van der Waals surface area contributed by atoms with E-state index in [9.17, 15) is 4.79 Å². The molecule has 1 aromatic carbocycles. The lowest BCUT2D eigenvalue weighted by Gasteiger charge is -2.22. The Labute approximate surface area is 127 Å². The summed E-state index contributed by atoms with van der Waals surface area (Å²) in [5.41, 5.74) is 0.556. The van der Waals surface area contributed by atoms with Gasteiger partial charge in [-0.25, -0.2) is 0 Å². The third-order valence-corrected chi connectivity index (χ3v) is 4.78. The minimum absolute atomic E-state index is 0.0227. The van der Waals surface area contributed by atoms with Gasteiger partial charge in [0.05, 0.1) is 10.6 Å². The van der Waals surface area contributed by atoms with Crippen LogP contribution in [-0.2, 0) is 0 Å². The molecule has 0 saturated carbocycles. The van der Waals surface area contributed by atoms with Gasteiger partial charge >= 0.3 is 0 Å². The van der Waals surface area contributed by atoms with Gasteiger partial charge in [-0.1, -0.05) is 17.7 Å². The fraction of sp³-hybridized carbons (Fsp3) is 0.500. The minimum atomic E-state index is -0.0227. The van der Waals surface area contributed by atoms with Gasteiger partial charge in [0.25, 0.3) is 5.91 Å². The summed E-state index contributed by atoms with van der Waals surface area (Å²) in [6.45, 7) is 3.98. The van der Waals surface area contributed by atoms with E-state index < -0.39 is 0 Å². The summed E-state index contributed by atoms with van der Waals surface area (Å²) in [4.78, 5) is 16.5. The number of hydrogen-bond acceptors (Lipinski definition) is 2. The zero-order valence-electron chi connectivity index (χ0n) is 11.0. The van der Waals surface area contributed by atoms with E-state index in [-0.39, 0.29) is 5.91 Å². The van der Waals surface area contributed by atoms with Crippen LogP contribution >= 0.6 is 27.5 Å². The number of carbonyl (C=O) groups excluding carboxylic acids is 1. The van der Waals surface area contributed by atoms with Crippen molar-refractivity contribution < 1.29 is 4.79 Å². The number of amides is 1. The van der Waals surface area contributed by atoms with E-state index >= 15 is 0 Å². The minimum Gasteiger partial charge on any atom is -0.340 e. The number of halogens is 2. The van der Waals surface area contributed by atoms with E-state index in [2.05, 4.69) is 20.8 Å². The van der Waals surface area contributed by atoms with Crippen molar-refractivity contribution in [3.8, 4) is 0 Å². The Morgan fingerprint density at radius 2 is 2.11 bits per heavy atom. The van der Waals surface area contributed by atoms with Crippen LogP contribution in [0.3, 0.4) is 0 Å². The summed E-state index contributed by atoms with van der Waals surface area (Å²) in [6, 6.07) is 5.43. The maximum absolute atomic E-state index is 12.3. The average molecular weight is 346 g/mol. The van der Waals surface area contributed by atoms with Gasteiger partial charge in [0, 0.05) is 24.6 Å². The van der Waals surface area contributed by atoms with Crippen LogP contribution in [-0.4, -0.2) is 48.9 Å². The van der Waals surface area contributed by atoms with Crippen LogP contribution in [0.2, 0.25) is 5.02 Å². The molecule has 0 N–H and O–H groups in total. The number of benzene rings is 1. The quantitative estimate of drug-likeness (QED) is 0.836. The van der Waals surface area contributed by atoms with Gasteiger partial charge in [0.1, 0.15) is 0 Å². The van der Waals surface area contributed by atoms with Crippen LogP contribution < -0.4 is 0 Å². The number of rotatable bonds is 4. The standard InChI is InChI=1S/C14H18BrClN2O/c1-17(9-10-18-7-2-3-8-18)14(19)11-5-4-6-12(15)13(11)16/h4-6H,2-3,7-10H2,1H3. The molecule has 3 nitrogen and oxygen atoms in total. The van der Waals surface area contributed by atoms with E-state index in [0.717, 1.165) is 30.7 Å². The van der Waals surface area contributed by atoms with Gasteiger partial charge in [0.15, 0.2) is 0 Å². The number of nitrogens with zero attached hydrogens (tertiary/aromatic N) is 2. The molecule has 0 radical (unpaired) electrons. The monoisotopic (exact) mass is 344 g/mol. The van der Waals surface area contributed by atoms with Crippen molar-refractivity contribution >= 4 is 33.4 Å². The van der Waals surface area contributed by atoms with Crippen molar-refractivity contribution in [3.05, 3.63) is 33.3 Å². The van der Waals surface area contributed by atoms with Crippen LogP contribution in [0.4, 0.5) is 0 Å². The highest BCUT2D eigenvalue weighted by molar-refractivity contribution is 9.10. The van der Waals surface area contributed by atoms with Gasteiger partial charge in [-0.15, -0.1) is 0 Å². The van der Waals surface area contributed by atoms with E-state index in [1.54, 1.807) is 11.0 Å². The number of hydrogen-bond donors (Lipinski definition) is 0. The van der Waals surface area contributed by atoms with Crippen LogP contribution in [0.5, 0.6) is 0 Å². The first-order valence-electron chi connectivity index (χ1n) is 6.51. The Balaban J connectivity index is 1.96. The second-order valence-electron chi connectivity index (χ2n) is 4.88. The topological polar surface area (TPSA) is 23.6 Å². The molecule has 1 heterocycles. The largest absolute Gasteiger partial charge is 0.340 e. The summed E-state index contributed by atoms with van der Waals surface area (Å²) in [6.07, 6.45) is 2.55. The van der Waals surface area contributed by atoms with Crippen molar-refractivity contribution in [2.75, 3.05) is 33.2 Å². The second-order valence-corrected chi connectivity index (χ2v) is 6.11. The zero-order valence-corrected chi connectivity index (χ0v) is 13.4. The molecule has 19 heavy (non-hydrogen) atoms. The number of likely N-dealkylation sites (N-methyl/N-ethyl adjacent to an activating group) is 1. The Morgan fingerprint density at radius 1 is 1.42 bits per heavy atom. The first kappa shape index (κ1) is 14.8. The Kier molecular flexibility index (Phi) is 5.25. The van der Waals surface area contributed by atoms with Crippen molar-refractivity contribution in [1.29, 1.82) is 0 Å². The maximum Gasteiger partial charge on any atom is 0.255 e. The van der Waals surface area contributed by atoms with Gasteiger partial charge in [-0.05, 0) is 54.0 Å². The SMILES string of the molecule is CN(CCN1CCCC1)C(=O)c1cccc(Br)c1Cl. The predicted octanol–water partition coefficient (Wildman–Crippen LogP) is 3.27. The molecular weight excluding hydrogens is 328 g/mol. The Bertz CT molecular complexity index is 461. The molecule has 0 bridgehead atoms. The molecule has 0 atom stereocenters. The summed E-state index contributed by atoms with van der Waals surface area (Å²) in [7, 11) is 1.83. The molecule has 0 unspecified atom stereocenters. The van der Waals surface area contributed by atoms with Crippen LogP contribution in [0.1, 0.15) is 23.2 Å². The Hall–Kier alpha value is -0.580. The summed E-state index contributed by atoms with van der Waals surface area (Å²) in [5.74, 6) is -0.0227. The molecule has 104 valence electrons. The number of likely N-dealkylation sites (tertiary alicyclic amines) is 1. The Morgan fingerprint density at radius 3 is 2.79 bits per heavy atom. The first-order valence-corrected chi connectivity index (χ1v) is 7.68. The second kappa shape index (κ2) is 6.73. The fourth-order valence-electron chi connectivity index (χ4n) is 2.27. The van der Waals surface area contributed by atoms with Crippen molar-refractivity contribution in [3.63, 3.8) is 0 Å². The smallest absolute Gasteiger partial charge is 0.255 e. The molecule has 5 heteroatoms. The van der Waals surface area contributed by atoms with E-state index in [1.807, 2.05) is 19.2 Å². The third kappa shape index (κ3) is 3.71. The number of carbonyl (C=O) groups is 1. The maximum atomic E-state index is 12.3. The molecular formula is C14H18BrClN2O. The molecule has 1 aliphatic heterocycles. The van der Waals surface area contributed by atoms with Crippen LogP contribution in [0.25, 0.3) is 0 Å². The highest BCUT2D eigenvalue weighted by atomic mass is 79.9. The molecule has 1 aromatic rings. The lowest BCUT2D eigenvalue weighted by atomic mass is 10.2. The third-order valence-electron chi connectivity index (χ3n) is 3.48. The molecule has 0 aliphatic carbocycles. The molecule has 1 aliphatic rings. The van der Waals surface area contributed by atoms with Crippen LogP contribution in [0, 0.1) is 0 Å². The first-order chi connectivity index (χ1) is 9.09. The van der Waals surface area contributed by atoms with Crippen molar-refractivity contribution in [1.82, 2.24) is 9.80 Å². The van der Waals surface area contributed by atoms with Crippen molar-refractivity contribution in [2.24, 2.45) is 0 Å². The normalized spacial score (nSPS) is 15.7. The molecule has 0 spiro atoms.